The van der Waals surface area contributed by atoms with Crippen LogP contribution in [0.25, 0.3) is 0 Å². The monoisotopic (exact) mass is 268 g/mol. The molecule has 1 aromatic carbocycles. The summed E-state index contributed by atoms with van der Waals surface area (Å²) in [5, 5.41) is 0.483. The molecule has 0 amide bonds. The summed E-state index contributed by atoms with van der Waals surface area (Å²) in [6, 6.07) is 4.39. The van der Waals surface area contributed by atoms with Crippen molar-refractivity contribution in [3.63, 3.8) is 0 Å². The van der Waals surface area contributed by atoms with Crippen molar-refractivity contribution in [2.24, 2.45) is 11.8 Å². The van der Waals surface area contributed by atoms with E-state index in [-0.39, 0.29) is 23.9 Å². The molecular formula is C15H18ClFO. The second kappa shape index (κ2) is 5.83. The first-order valence-electron chi connectivity index (χ1n) is 6.53. The van der Waals surface area contributed by atoms with Crippen LogP contribution in [0.1, 0.15) is 38.2 Å². The van der Waals surface area contributed by atoms with Crippen molar-refractivity contribution >= 4 is 17.4 Å². The van der Waals surface area contributed by atoms with E-state index in [4.69, 9.17) is 11.6 Å². The van der Waals surface area contributed by atoms with Gasteiger partial charge in [0.05, 0.1) is 0 Å². The lowest BCUT2D eigenvalue weighted by Gasteiger charge is -2.25. The molecule has 0 aromatic heterocycles. The first-order valence-corrected chi connectivity index (χ1v) is 6.90. The maximum Gasteiger partial charge on any atom is 0.140 e. The molecule has 0 spiro atoms. The first-order chi connectivity index (χ1) is 8.56. The van der Waals surface area contributed by atoms with E-state index in [9.17, 15) is 9.18 Å². The maximum absolute atomic E-state index is 13.6. The molecule has 1 aliphatic rings. The molecule has 1 fully saturated rings. The summed E-state index contributed by atoms with van der Waals surface area (Å²) in [7, 11) is 0. The van der Waals surface area contributed by atoms with Crippen molar-refractivity contribution in [1.82, 2.24) is 0 Å². The standard InChI is InChI=1S/C15H18ClFO/c1-10-3-2-4-11(7-10)15(18)9-12-8-13(16)5-6-14(12)17/h5-6,8,10-11H,2-4,7,9H2,1H3. The summed E-state index contributed by atoms with van der Waals surface area (Å²) in [5.74, 6) is 0.531. The van der Waals surface area contributed by atoms with Crippen LogP contribution >= 0.6 is 11.6 Å². The lowest BCUT2D eigenvalue weighted by molar-refractivity contribution is -0.123. The Morgan fingerprint density at radius 1 is 1.44 bits per heavy atom. The molecule has 1 saturated carbocycles. The van der Waals surface area contributed by atoms with Gasteiger partial charge in [-0.25, -0.2) is 4.39 Å². The van der Waals surface area contributed by atoms with Crippen LogP contribution in [-0.2, 0) is 11.2 Å². The van der Waals surface area contributed by atoms with E-state index in [2.05, 4.69) is 6.92 Å². The van der Waals surface area contributed by atoms with Crippen LogP contribution in [-0.4, -0.2) is 5.78 Å². The third-order valence-electron chi connectivity index (χ3n) is 3.76. The fourth-order valence-corrected chi connectivity index (χ4v) is 2.93. The Morgan fingerprint density at radius 3 is 2.94 bits per heavy atom. The zero-order valence-electron chi connectivity index (χ0n) is 10.6. The highest BCUT2D eigenvalue weighted by atomic mass is 35.5. The van der Waals surface area contributed by atoms with Crippen molar-refractivity contribution < 1.29 is 9.18 Å². The van der Waals surface area contributed by atoms with Crippen molar-refractivity contribution in [2.75, 3.05) is 0 Å². The van der Waals surface area contributed by atoms with Crippen LogP contribution in [0.3, 0.4) is 0 Å². The Morgan fingerprint density at radius 2 is 2.22 bits per heavy atom. The molecule has 0 heterocycles. The number of carbonyl (C=O) groups is 1. The third-order valence-corrected chi connectivity index (χ3v) is 4.00. The molecular weight excluding hydrogens is 251 g/mol. The number of hydrogen-bond donors (Lipinski definition) is 0. The maximum atomic E-state index is 13.6. The summed E-state index contributed by atoms with van der Waals surface area (Å²) in [4.78, 5) is 12.2. The molecule has 1 aliphatic carbocycles. The number of ketones is 1. The Hall–Kier alpha value is -0.890. The largest absolute Gasteiger partial charge is 0.299 e. The molecule has 2 atom stereocenters. The predicted octanol–water partition coefficient (Wildman–Crippen LogP) is 4.42. The number of rotatable bonds is 3. The van der Waals surface area contributed by atoms with E-state index in [1.807, 2.05) is 0 Å². The van der Waals surface area contributed by atoms with Gasteiger partial charge >= 0.3 is 0 Å². The highest BCUT2D eigenvalue weighted by molar-refractivity contribution is 6.30. The number of carbonyl (C=O) groups excluding carboxylic acids is 1. The summed E-state index contributed by atoms with van der Waals surface area (Å²) >= 11 is 5.83. The van der Waals surface area contributed by atoms with Crippen LogP contribution in [0.15, 0.2) is 18.2 Å². The molecule has 18 heavy (non-hydrogen) atoms. The van der Waals surface area contributed by atoms with Crippen LogP contribution in [0, 0.1) is 17.7 Å². The molecule has 0 N–H and O–H groups in total. The Labute approximate surface area is 112 Å². The average Bonchev–Trinajstić information content (AvgIpc) is 2.34. The fraction of sp³-hybridized carbons (Fsp3) is 0.533. The van der Waals surface area contributed by atoms with Gasteiger partial charge in [-0.05, 0) is 42.5 Å². The number of halogens is 2. The van der Waals surface area contributed by atoms with Gasteiger partial charge in [0, 0.05) is 17.4 Å². The van der Waals surface area contributed by atoms with Crippen molar-refractivity contribution in [1.29, 1.82) is 0 Å². The molecule has 0 radical (unpaired) electrons. The van der Waals surface area contributed by atoms with Gasteiger partial charge in [-0.3, -0.25) is 4.79 Å². The molecule has 1 aromatic rings. The Bertz CT molecular complexity index is 444. The minimum absolute atomic E-state index is 0.104. The highest BCUT2D eigenvalue weighted by Gasteiger charge is 2.25. The van der Waals surface area contributed by atoms with E-state index < -0.39 is 0 Å². The second-order valence-electron chi connectivity index (χ2n) is 5.35. The van der Waals surface area contributed by atoms with Crippen LogP contribution in [0.4, 0.5) is 4.39 Å². The number of hydrogen-bond acceptors (Lipinski definition) is 1. The topological polar surface area (TPSA) is 17.1 Å². The van der Waals surface area contributed by atoms with Crippen LogP contribution < -0.4 is 0 Å². The summed E-state index contributed by atoms with van der Waals surface area (Å²) in [6.07, 6.45) is 4.38. The zero-order valence-corrected chi connectivity index (χ0v) is 11.3. The molecule has 1 nitrogen and oxygen atoms in total. The van der Waals surface area contributed by atoms with E-state index in [1.165, 1.54) is 18.6 Å². The van der Waals surface area contributed by atoms with Gasteiger partial charge in [0.25, 0.3) is 0 Å². The van der Waals surface area contributed by atoms with Gasteiger partial charge in [0.2, 0.25) is 0 Å². The normalized spacial score (nSPS) is 23.9. The quantitative estimate of drug-likeness (QED) is 0.793. The van der Waals surface area contributed by atoms with Gasteiger partial charge in [0.1, 0.15) is 11.6 Å². The molecule has 2 unspecified atom stereocenters. The van der Waals surface area contributed by atoms with Gasteiger partial charge in [0.15, 0.2) is 0 Å². The Balaban J connectivity index is 2.04. The zero-order chi connectivity index (χ0) is 13.1. The third kappa shape index (κ3) is 3.32. The van der Waals surface area contributed by atoms with Crippen LogP contribution in [0.2, 0.25) is 5.02 Å². The lowest BCUT2D eigenvalue weighted by atomic mass is 9.79. The predicted molar refractivity (Wildman–Crippen MR) is 71.2 cm³/mol. The van der Waals surface area contributed by atoms with Gasteiger partial charge in [-0.15, -0.1) is 0 Å². The van der Waals surface area contributed by atoms with Crippen molar-refractivity contribution in [3.05, 3.63) is 34.6 Å². The van der Waals surface area contributed by atoms with E-state index in [0.29, 0.717) is 16.5 Å². The molecule has 3 heteroatoms. The number of benzene rings is 1. The highest BCUT2D eigenvalue weighted by Crippen LogP contribution is 2.30. The van der Waals surface area contributed by atoms with Gasteiger partial charge in [-0.1, -0.05) is 31.4 Å². The van der Waals surface area contributed by atoms with E-state index >= 15 is 0 Å². The minimum Gasteiger partial charge on any atom is -0.299 e. The minimum atomic E-state index is -0.336. The molecule has 0 saturated heterocycles. The average molecular weight is 269 g/mol. The second-order valence-corrected chi connectivity index (χ2v) is 5.78. The molecule has 2 rings (SSSR count). The fourth-order valence-electron chi connectivity index (χ4n) is 2.74. The number of Topliss-reactive ketones (excluding diaryl/α,β-unsaturated/α-hetero) is 1. The lowest BCUT2D eigenvalue weighted by Crippen LogP contribution is -2.23. The van der Waals surface area contributed by atoms with Gasteiger partial charge in [-0.2, -0.15) is 0 Å². The van der Waals surface area contributed by atoms with Crippen LogP contribution in [0.5, 0.6) is 0 Å². The Kier molecular flexibility index (Phi) is 4.39. The first kappa shape index (κ1) is 13.5. The summed E-state index contributed by atoms with van der Waals surface area (Å²) in [5.41, 5.74) is 0.422. The van der Waals surface area contributed by atoms with E-state index in [1.54, 1.807) is 6.07 Å². The molecule has 98 valence electrons. The van der Waals surface area contributed by atoms with Crippen molar-refractivity contribution in [2.45, 2.75) is 39.0 Å². The SMILES string of the molecule is CC1CCCC(C(=O)Cc2cc(Cl)ccc2F)C1. The summed E-state index contributed by atoms with van der Waals surface area (Å²) in [6.45, 7) is 2.18. The van der Waals surface area contributed by atoms with Crippen molar-refractivity contribution in [3.8, 4) is 0 Å². The summed E-state index contributed by atoms with van der Waals surface area (Å²) < 4.78 is 13.6. The van der Waals surface area contributed by atoms with Gasteiger partial charge < -0.3 is 0 Å². The molecule has 0 aliphatic heterocycles. The van der Waals surface area contributed by atoms with E-state index in [0.717, 1.165) is 19.3 Å². The smallest absolute Gasteiger partial charge is 0.140 e. The molecule has 0 bridgehead atoms.